The number of benzene rings is 1. The van der Waals surface area contributed by atoms with Crippen LogP contribution in [0, 0.1) is 0 Å². The molecule has 25 heavy (non-hydrogen) atoms. The van der Waals surface area contributed by atoms with Gasteiger partial charge in [-0.1, -0.05) is 30.3 Å². The number of nitrogens with zero attached hydrogens (tertiary/aromatic N) is 2. The highest BCUT2D eigenvalue weighted by Crippen LogP contribution is 2.26. The molecule has 0 bridgehead atoms. The number of thiophene rings is 1. The average Bonchev–Trinajstić information content (AvgIpc) is 3.31. The smallest absolute Gasteiger partial charge is 0.317 e. The van der Waals surface area contributed by atoms with E-state index in [9.17, 15) is 4.79 Å². The van der Waals surface area contributed by atoms with Gasteiger partial charge in [0.1, 0.15) is 0 Å². The fourth-order valence-electron chi connectivity index (χ4n) is 3.97. The number of piperazine rings is 1. The zero-order valence-corrected chi connectivity index (χ0v) is 15.5. The fourth-order valence-corrected chi connectivity index (χ4v) is 4.70. The summed E-state index contributed by atoms with van der Waals surface area (Å²) >= 11 is 1.69. The summed E-state index contributed by atoms with van der Waals surface area (Å²) in [5, 5.41) is 5.18. The average molecular weight is 356 g/mol. The van der Waals surface area contributed by atoms with Crippen molar-refractivity contribution in [2.45, 2.75) is 31.8 Å². The van der Waals surface area contributed by atoms with Crippen LogP contribution in [-0.4, -0.2) is 48.1 Å². The van der Waals surface area contributed by atoms with Crippen LogP contribution in [0.25, 0.3) is 0 Å². The Balaban J connectivity index is 1.28. The van der Waals surface area contributed by atoms with Crippen molar-refractivity contribution >= 4 is 17.4 Å². The molecule has 132 valence electrons. The molecule has 0 saturated carbocycles. The second-order valence-corrected chi connectivity index (χ2v) is 8.02. The molecule has 4 nitrogen and oxygen atoms in total. The number of amides is 2. The van der Waals surface area contributed by atoms with E-state index in [1.807, 2.05) is 11.0 Å². The number of urea groups is 1. The summed E-state index contributed by atoms with van der Waals surface area (Å²) in [4.78, 5) is 18.2. The molecule has 0 radical (unpaired) electrons. The van der Waals surface area contributed by atoms with Crippen LogP contribution in [0.4, 0.5) is 4.79 Å². The van der Waals surface area contributed by atoms with E-state index in [1.165, 1.54) is 16.0 Å². The van der Waals surface area contributed by atoms with E-state index in [2.05, 4.69) is 52.9 Å². The topological polar surface area (TPSA) is 35.6 Å². The molecule has 2 amide bonds. The first-order valence-corrected chi connectivity index (χ1v) is 9.98. The van der Waals surface area contributed by atoms with Gasteiger partial charge >= 0.3 is 6.03 Å². The van der Waals surface area contributed by atoms with Crippen molar-refractivity contribution in [1.82, 2.24) is 15.1 Å². The Morgan fingerprint density at radius 2 is 1.76 bits per heavy atom. The summed E-state index contributed by atoms with van der Waals surface area (Å²) in [6.45, 7) is 5.63. The summed E-state index contributed by atoms with van der Waals surface area (Å²) in [6.07, 6.45) is 2.30. The zero-order chi connectivity index (χ0) is 17.2. The molecule has 1 aromatic carbocycles. The minimum Gasteiger partial charge on any atom is -0.331 e. The number of nitrogens with one attached hydrogen (secondary N) is 1. The van der Waals surface area contributed by atoms with Gasteiger partial charge in [0.15, 0.2) is 0 Å². The lowest BCUT2D eigenvalue weighted by molar-refractivity contribution is 0.110. The first kappa shape index (κ1) is 16.6. The third-order valence-corrected chi connectivity index (χ3v) is 6.51. The van der Waals surface area contributed by atoms with Crippen LogP contribution in [0.2, 0.25) is 0 Å². The highest BCUT2D eigenvalue weighted by atomic mass is 32.1. The second-order valence-electron chi connectivity index (χ2n) is 7.04. The molecule has 0 spiro atoms. The number of carbonyl (C=O) groups excluding carboxylic acids is 1. The van der Waals surface area contributed by atoms with Crippen molar-refractivity contribution < 1.29 is 4.79 Å². The van der Waals surface area contributed by atoms with Crippen LogP contribution in [0.5, 0.6) is 0 Å². The van der Waals surface area contributed by atoms with Gasteiger partial charge in [0, 0.05) is 37.1 Å². The standard InChI is InChI=1S/C20H25N3OS/c1-15(19-7-4-12-25-19)21-20(24)23-10-8-22(9-11-23)18-13-16-5-2-3-6-17(16)14-18/h2-7,12,15,18H,8-11,13-14H2,1H3,(H,21,24)/t15-/m1/s1. The van der Waals surface area contributed by atoms with E-state index >= 15 is 0 Å². The first-order chi connectivity index (χ1) is 12.2. The Labute approximate surface area is 153 Å². The molecule has 0 unspecified atom stereocenters. The molecular weight excluding hydrogens is 330 g/mol. The molecule has 1 aliphatic heterocycles. The SMILES string of the molecule is C[C@@H](NC(=O)N1CCN(C2Cc3ccccc3C2)CC1)c1cccs1. The maximum absolute atomic E-state index is 12.5. The summed E-state index contributed by atoms with van der Waals surface area (Å²) in [5.74, 6) is 0. The largest absolute Gasteiger partial charge is 0.331 e. The number of rotatable bonds is 3. The molecule has 1 atom stereocenters. The van der Waals surface area contributed by atoms with E-state index in [1.54, 1.807) is 11.3 Å². The van der Waals surface area contributed by atoms with E-state index in [-0.39, 0.29) is 12.1 Å². The number of hydrogen-bond acceptors (Lipinski definition) is 3. The first-order valence-electron chi connectivity index (χ1n) is 9.10. The van der Waals surface area contributed by atoms with Gasteiger partial charge < -0.3 is 10.2 Å². The van der Waals surface area contributed by atoms with Gasteiger partial charge in [-0.25, -0.2) is 4.79 Å². The van der Waals surface area contributed by atoms with Gasteiger partial charge in [0.05, 0.1) is 6.04 Å². The van der Waals surface area contributed by atoms with Crippen molar-refractivity contribution in [3.63, 3.8) is 0 Å². The summed E-state index contributed by atoms with van der Waals surface area (Å²) in [5.41, 5.74) is 3.00. The quantitative estimate of drug-likeness (QED) is 0.917. The van der Waals surface area contributed by atoms with Gasteiger partial charge in [0.25, 0.3) is 0 Å². The summed E-state index contributed by atoms with van der Waals surface area (Å²) in [7, 11) is 0. The van der Waals surface area contributed by atoms with Crippen LogP contribution in [-0.2, 0) is 12.8 Å². The molecule has 1 fully saturated rings. The molecule has 2 aromatic rings. The second kappa shape index (κ2) is 7.18. The lowest BCUT2D eigenvalue weighted by Gasteiger charge is -2.38. The third-order valence-electron chi connectivity index (χ3n) is 5.46. The highest BCUT2D eigenvalue weighted by Gasteiger charge is 2.30. The summed E-state index contributed by atoms with van der Waals surface area (Å²) < 4.78 is 0. The minimum absolute atomic E-state index is 0.0651. The predicted molar refractivity (Wildman–Crippen MR) is 102 cm³/mol. The van der Waals surface area contributed by atoms with Crippen molar-refractivity contribution in [2.75, 3.05) is 26.2 Å². The molecule has 2 aliphatic rings. The van der Waals surface area contributed by atoms with Gasteiger partial charge in [0.2, 0.25) is 0 Å². The molecule has 1 N–H and O–H groups in total. The summed E-state index contributed by atoms with van der Waals surface area (Å²) in [6, 6.07) is 13.6. The molecule has 2 heterocycles. The van der Waals surface area contributed by atoms with Crippen LogP contribution in [0.3, 0.4) is 0 Å². The third kappa shape index (κ3) is 3.58. The van der Waals surface area contributed by atoms with Crippen molar-refractivity contribution in [3.05, 3.63) is 57.8 Å². The number of fused-ring (bicyclic) bond motifs is 1. The Bertz CT molecular complexity index is 697. The maximum atomic E-state index is 12.5. The van der Waals surface area contributed by atoms with Crippen molar-refractivity contribution in [1.29, 1.82) is 0 Å². The lowest BCUT2D eigenvalue weighted by atomic mass is 10.1. The predicted octanol–water partition coefficient (Wildman–Crippen LogP) is 3.30. The molecule has 1 saturated heterocycles. The number of carbonyl (C=O) groups is 1. The van der Waals surface area contributed by atoms with Crippen LogP contribution >= 0.6 is 11.3 Å². The van der Waals surface area contributed by atoms with E-state index in [0.717, 1.165) is 39.0 Å². The van der Waals surface area contributed by atoms with E-state index in [0.29, 0.717) is 6.04 Å². The Morgan fingerprint density at radius 3 is 2.36 bits per heavy atom. The van der Waals surface area contributed by atoms with Crippen LogP contribution < -0.4 is 5.32 Å². The monoisotopic (exact) mass is 355 g/mol. The highest BCUT2D eigenvalue weighted by molar-refractivity contribution is 7.10. The molecule has 4 rings (SSSR count). The van der Waals surface area contributed by atoms with Gasteiger partial charge in [-0.05, 0) is 42.3 Å². The van der Waals surface area contributed by atoms with Gasteiger partial charge in [-0.3, -0.25) is 4.90 Å². The van der Waals surface area contributed by atoms with Gasteiger partial charge in [-0.15, -0.1) is 11.3 Å². The fraction of sp³-hybridized carbons (Fsp3) is 0.450. The minimum atomic E-state index is 0.0651. The molecular formula is C20H25N3OS. The van der Waals surface area contributed by atoms with E-state index in [4.69, 9.17) is 0 Å². The Kier molecular flexibility index (Phi) is 4.77. The van der Waals surface area contributed by atoms with Crippen molar-refractivity contribution in [2.24, 2.45) is 0 Å². The molecule has 1 aromatic heterocycles. The van der Waals surface area contributed by atoms with Crippen LogP contribution in [0.1, 0.15) is 29.0 Å². The maximum Gasteiger partial charge on any atom is 0.317 e. The molecule has 5 heteroatoms. The van der Waals surface area contributed by atoms with Gasteiger partial charge in [-0.2, -0.15) is 0 Å². The zero-order valence-electron chi connectivity index (χ0n) is 14.6. The van der Waals surface area contributed by atoms with E-state index < -0.39 is 0 Å². The Morgan fingerprint density at radius 1 is 1.08 bits per heavy atom. The normalized spacial score (nSPS) is 19.6. The molecule has 1 aliphatic carbocycles. The number of hydrogen-bond donors (Lipinski definition) is 1. The Hall–Kier alpha value is -1.85. The van der Waals surface area contributed by atoms with Crippen molar-refractivity contribution in [3.8, 4) is 0 Å². The van der Waals surface area contributed by atoms with Crippen LogP contribution in [0.15, 0.2) is 41.8 Å². The lowest BCUT2D eigenvalue weighted by Crippen LogP contribution is -2.54.